The van der Waals surface area contributed by atoms with Gasteiger partial charge in [0.25, 0.3) is 0 Å². The number of aliphatic carboxylic acids is 1. The van der Waals surface area contributed by atoms with Gasteiger partial charge in [-0.15, -0.1) is 0 Å². The van der Waals surface area contributed by atoms with Gasteiger partial charge in [0.2, 0.25) is 0 Å². The summed E-state index contributed by atoms with van der Waals surface area (Å²) in [4.78, 5) is 23.0. The molecule has 7 nitrogen and oxygen atoms in total. The second kappa shape index (κ2) is 15.2. The third kappa shape index (κ3) is 10.9. The maximum Gasteiger partial charge on any atom is 0.306 e. The van der Waals surface area contributed by atoms with Crippen LogP contribution in [0.1, 0.15) is 50.4 Å². The van der Waals surface area contributed by atoms with Gasteiger partial charge in [0, 0.05) is 30.6 Å². The van der Waals surface area contributed by atoms with Gasteiger partial charge in [-0.1, -0.05) is 57.2 Å². The standard InChI is InChI=1S/C27H39NO6/c1-18(9-7-5-6-8-10-23(29)16-26(32)33)27(34)20(3)15-19(2)24(30)17-25(31)21-11-13-22(28-4)14-12-21/h5-14,18-20,23-24,27-30,34H,15-17H2,1-4H3,(H,32,33)/b6-5+,9-7+,10-8+/t18-,19-,20-,23+,24-,27-/m1/s1. The second-order valence-electron chi connectivity index (χ2n) is 8.88. The number of carboxylic acid groups (broad SMARTS) is 1. The monoisotopic (exact) mass is 473 g/mol. The Morgan fingerprint density at radius 1 is 0.882 bits per heavy atom. The van der Waals surface area contributed by atoms with Crippen LogP contribution in [-0.2, 0) is 4.79 Å². The Bertz CT molecular complexity index is 845. The number of ketones is 1. The van der Waals surface area contributed by atoms with Gasteiger partial charge in [0.05, 0.1) is 24.7 Å². The SMILES string of the molecule is CNc1ccc(C(=O)C[C@@H](O)[C@H](C)C[C@@H](C)[C@H](O)[C@H](C)/C=C/C=C/C=C/[C@H](O)CC(=O)O)cc1. The molecule has 0 bridgehead atoms. The van der Waals surface area contributed by atoms with E-state index in [0.717, 1.165) is 5.69 Å². The number of hydrogen-bond acceptors (Lipinski definition) is 6. The summed E-state index contributed by atoms with van der Waals surface area (Å²) in [6, 6.07) is 7.14. The summed E-state index contributed by atoms with van der Waals surface area (Å²) in [5.74, 6) is -1.53. The number of carbonyl (C=O) groups is 2. The minimum atomic E-state index is -1.06. The van der Waals surface area contributed by atoms with E-state index in [9.17, 15) is 24.9 Å². The Kier molecular flexibility index (Phi) is 13.1. The lowest BCUT2D eigenvalue weighted by molar-refractivity contribution is -0.138. The maximum absolute atomic E-state index is 12.5. The number of carboxylic acids is 1. The van der Waals surface area contributed by atoms with E-state index in [1.54, 1.807) is 36.4 Å². The molecule has 0 heterocycles. The molecule has 7 heteroatoms. The van der Waals surface area contributed by atoms with Crippen LogP contribution < -0.4 is 5.32 Å². The fourth-order valence-corrected chi connectivity index (χ4v) is 3.65. The summed E-state index contributed by atoms with van der Waals surface area (Å²) < 4.78 is 0. The average molecular weight is 474 g/mol. The van der Waals surface area contributed by atoms with E-state index in [2.05, 4.69) is 5.32 Å². The van der Waals surface area contributed by atoms with Gasteiger partial charge in [-0.3, -0.25) is 9.59 Å². The van der Waals surface area contributed by atoms with Crippen LogP contribution in [0, 0.1) is 17.8 Å². The number of aliphatic hydroxyl groups excluding tert-OH is 3. The van der Waals surface area contributed by atoms with Crippen LogP contribution in [0.3, 0.4) is 0 Å². The molecule has 188 valence electrons. The highest BCUT2D eigenvalue weighted by molar-refractivity contribution is 5.96. The number of rotatable bonds is 15. The van der Waals surface area contributed by atoms with Gasteiger partial charge in [0.1, 0.15) is 0 Å². The van der Waals surface area contributed by atoms with Gasteiger partial charge < -0.3 is 25.7 Å². The zero-order chi connectivity index (χ0) is 25.7. The van der Waals surface area contributed by atoms with Crippen LogP contribution in [-0.4, -0.2) is 57.5 Å². The molecular formula is C27H39NO6. The molecule has 0 aliphatic heterocycles. The molecule has 1 aromatic rings. The first-order valence-electron chi connectivity index (χ1n) is 11.6. The number of aliphatic hydroxyl groups is 3. The molecule has 5 N–H and O–H groups in total. The topological polar surface area (TPSA) is 127 Å². The number of hydrogen-bond donors (Lipinski definition) is 5. The molecule has 1 aromatic carbocycles. The molecule has 0 amide bonds. The van der Waals surface area contributed by atoms with Crippen molar-refractivity contribution in [1.82, 2.24) is 0 Å². The third-order valence-electron chi connectivity index (χ3n) is 5.88. The zero-order valence-corrected chi connectivity index (χ0v) is 20.5. The van der Waals surface area contributed by atoms with Crippen LogP contribution in [0.4, 0.5) is 5.69 Å². The molecule has 0 aromatic heterocycles. The summed E-state index contributed by atoms with van der Waals surface area (Å²) in [6.45, 7) is 5.72. The largest absolute Gasteiger partial charge is 0.481 e. The molecule has 0 aliphatic carbocycles. The predicted octanol–water partition coefficient (Wildman–Crippen LogP) is 3.83. The van der Waals surface area contributed by atoms with Crippen molar-refractivity contribution in [3.8, 4) is 0 Å². The first-order chi connectivity index (χ1) is 16.0. The van der Waals surface area contributed by atoms with E-state index in [1.807, 2.05) is 46.0 Å². The predicted molar refractivity (Wildman–Crippen MR) is 135 cm³/mol. The lowest BCUT2D eigenvalue weighted by Gasteiger charge is -2.27. The van der Waals surface area contributed by atoms with Crippen molar-refractivity contribution < 1.29 is 30.0 Å². The van der Waals surface area contributed by atoms with Gasteiger partial charge >= 0.3 is 5.97 Å². The molecule has 1 rings (SSSR count). The minimum Gasteiger partial charge on any atom is -0.481 e. The minimum absolute atomic E-state index is 0.0395. The molecule has 0 unspecified atom stereocenters. The normalized spacial score (nSPS) is 17.5. The number of nitrogens with one attached hydrogen (secondary N) is 1. The van der Waals surface area contributed by atoms with E-state index in [4.69, 9.17) is 5.11 Å². The van der Waals surface area contributed by atoms with Gasteiger partial charge in [-0.2, -0.15) is 0 Å². The van der Waals surface area contributed by atoms with Crippen molar-refractivity contribution in [2.75, 3.05) is 12.4 Å². The van der Waals surface area contributed by atoms with Crippen LogP contribution >= 0.6 is 0 Å². The molecule has 0 saturated carbocycles. The summed E-state index contributed by atoms with van der Waals surface area (Å²) in [7, 11) is 1.81. The fraction of sp³-hybridized carbons (Fsp3) is 0.481. The first kappa shape index (κ1) is 29.3. The molecule has 6 atom stereocenters. The Morgan fingerprint density at radius 2 is 1.47 bits per heavy atom. The highest BCUT2D eigenvalue weighted by Crippen LogP contribution is 2.25. The lowest BCUT2D eigenvalue weighted by Crippen LogP contribution is -2.30. The Labute approximate surface area is 202 Å². The molecule has 0 radical (unpaired) electrons. The molecular weight excluding hydrogens is 434 g/mol. The molecule has 0 aliphatic rings. The molecule has 0 spiro atoms. The highest BCUT2D eigenvalue weighted by atomic mass is 16.4. The van der Waals surface area contributed by atoms with Crippen LogP contribution in [0.5, 0.6) is 0 Å². The van der Waals surface area contributed by atoms with E-state index >= 15 is 0 Å². The van der Waals surface area contributed by atoms with Gasteiger partial charge in [-0.05, 0) is 42.5 Å². The van der Waals surface area contributed by atoms with Crippen molar-refractivity contribution in [3.63, 3.8) is 0 Å². The molecule has 0 saturated heterocycles. The van der Waals surface area contributed by atoms with Crippen LogP contribution in [0.2, 0.25) is 0 Å². The Morgan fingerprint density at radius 3 is 2.03 bits per heavy atom. The number of Topliss-reactive ketones (excluding diaryl/α,β-unsaturated/α-hetero) is 1. The Balaban J connectivity index is 2.50. The van der Waals surface area contributed by atoms with Crippen molar-refractivity contribution in [3.05, 3.63) is 66.3 Å². The quantitative estimate of drug-likeness (QED) is 0.194. The van der Waals surface area contributed by atoms with Crippen molar-refractivity contribution in [1.29, 1.82) is 0 Å². The summed E-state index contributed by atoms with van der Waals surface area (Å²) in [5.41, 5.74) is 1.48. The lowest BCUT2D eigenvalue weighted by atomic mass is 9.83. The van der Waals surface area contributed by atoms with Crippen molar-refractivity contribution in [2.45, 2.75) is 58.3 Å². The zero-order valence-electron chi connectivity index (χ0n) is 20.5. The Hall–Kier alpha value is -2.74. The first-order valence-corrected chi connectivity index (χ1v) is 11.6. The highest BCUT2D eigenvalue weighted by Gasteiger charge is 2.25. The van der Waals surface area contributed by atoms with E-state index in [0.29, 0.717) is 12.0 Å². The van der Waals surface area contributed by atoms with E-state index in [-0.39, 0.29) is 36.4 Å². The smallest absolute Gasteiger partial charge is 0.306 e. The molecule has 0 fully saturated rings. The van der Waals surface area contributed by atoms with Crippen molar-refractivity contribution >= 4 is 17.4 Å². The van der Waals surface area contributed by atoms with Crippen LogP contribution in [0.15, 0.2) is 60.7 Å². The summed E-state index contributed by atoms with van der Waals surface area (Å²) in [5, 5.41) is 42.2. The summed E-state index contributed by atoms with van der Waals surface area (Å²) in [6.07, 6.45) is 7.86. The van der Waals surface area contributed by atoms with Gasteiger partial charge in [-0.25, -0.2) is 0 Å². The summed E-state index contributed by atoms with van der Waals surface area (Å²) >= 11 is 0. The van der Waals surface area contributed by atoms with E-state index in [1.165, 1.54) is 6.08 Å². The average Bonchev–Trinajstić information content (AvgIpc) is 2.79. The van der Waals surface area contributed by atoms with E-state index < -0.39 is 24.3 Å². The van der Waals surface area contributed by atoms with Crippen molar-refractivity contribution in [2.24, 2.45) is 17.8 Å². The molecule has 34 heavy (non-hydrogen) atoms. The number of allylic oxidation sites excluding steroid dienone is 4. The number of benzene rings is 1. The van der Waals surface area contributed by atoms with Gasteiger partial charge in [0.15, 0.2) is 5.78 Å². The fourth-order valence-electron chi connectivity index (χ4n) is 3.65. The number of anilines is 1. The van der Waals surface area contributed by atoms with Crippen LogP contribution in [0.25, 0.3) is 0 Å². The second-order valence-corrected chi connectivity index (χ2v) is 8.88. The maximum atomic E-state index is 12.5. The third-order valence-corrected chi connectivity index (χ3v) is 5.88. The number of carbonyl (C=O) groups excluding carboxylic acids is 1.